The van der Waals surface area contributed by atoms with Gasteiger partial charge in [0.25, 0.3) is 5.91 Å². The van der Waals surface area contributed by atoms with Crippen molar-refractivity contribution in [3.8, 4) is 0 Å². The second-order valence-corrected chi connectivity index (χ2v) is 6.27. The minimum Gasteiger partial charge on any atom is -0.353 e. The number of amides is 1. The molecule has 0 saturated carbocycles. The second-order valence-electron chi connectivity index (χ2n) is 6.27. The molecule has 1 fully saturated rings. The van der Waals surface area contributed by atoms with Crippen LogP contribution in [0.1, 0.15) is 53.3 Å². The molecule has 22 heavy (non-hydrogen) atoms. The summed E-state index contributed by atoms with van der Waals surface area (Å²) in [6, 6.07) is 12.3. The third-order valence-corrected chi connectivity index (χ3v) is 4.64. The van der Waals surface area contributed by atoms with E-state index in [1.807, 2.05) is 31.2 Å². The highest BCUT2D eigenvalue weighted by atomic mass is 16.2. The predicted octanol–water partition coefficient (Wildman–Crippen LogP) is 4.09. The molecule has 0 N–H and O–H groups in total. The van der Waals surface area contributed by atoms with Crippen molar-refractivity contribution in [3.05, 3.63) is 59.4 Å². The van der Waals surface area contributed by atoms with Crippen LogP contribution < -0.4 is 0 Å². The molecule has 0 spiro atoms. The normalized spacial score (nSPS) is 19.0. The maximum Gasteiger partial charge on any atom is 0.254 e. The van der Waals surface area contributed by atoms with Gasteiger partial charge in [0.05, 0.1) is 6.04 Å². The molecule has 1 atom stereocenters. The SMILES string of the molecule is Cc1ccc(C(=O)N2CCCCC[C@@H]2c2cccn2C)cc1. The quantitative estimate of drug-likeness (QED) is 0.819. The van der Waals surface area contributed by atoms with Crippen molar-refractivity contribution in [1.82, 2.24) is 9.47 Å². The fraction of sp³-hybridized carbons (Fsp3) is 0.421. The average Bonchev–Trinajstić information content (AvgIpc) is 2.80. The molecule has 0 unspecified atom stereocenters. The van der Waals surface area contributed by atoms with Gasteiger partial charge in [-0.05, 0) is 44.0 Å². The summed E-state index contributed by atoms with van der Waals surface area (Å²) >= 11 is 0. The van der Waals surface area contributed by atoms with Gasteiger partial charge in [-0.15, -0.1) is 0 Å². The number of carbonyl (C=O) groups is 1. The van der Waals surface area contributed by atoms with Crippen molar-refractivity contribution in [2.24, 2.45) is 7.05 Å². The molecule has 3 nitrogen and oxygen atoms in total. The molecule has 1 aliphatic rings. The summed E-state index contributed by atoms with van der Waals surface area (Å²) in [6.07, 6.45) is 6.61. The molecule has 3 rings (SSSR count). The van der Waals surface area contributed by atoms with E-state index >= 15 is 0 Å². The van der Waals surface area contributed by atoms with Crippen LogP contribution in [0.15, 0.2) is 42.6 Å². The monoisotopic (exact) mass is 296 g/mol. The molecule has 0 bridgehead atoms. The van der Waals surface area contributed by atoms with Crippen LogP contribution >= 0.6 is 0 Å². The zero-order valence-electron chi connectivity index (χ0n) is 13.5. The topological polar surface area (TPSA) is 25.2 Å². The van der Waals surface area contributed by atoms with E-state index in [-0.39, 0.29) is 11.9 Å². The van der Waals surface area contributed by atoms with Gasteiger partial charge < -0.3 is 9.47 Å². The van der Waals surface area contributed by atoms with Crippen LogP contribution in [-0.4, -0.2) is 21.9 Å². The highest BCUT2D eigenvalue weighted by Crippen LogP contribution is 2.31. The van der Waals surface area contributed by atoms with Crippen molar-refractivity contribution in [2.45, 2.75) is 38.6 Å². The zero-order valence-corrected chi connectivity index (χ0v) is 13.5. The van der Waals surface area contributed by atoms with Gasteiger partial charge in [0.1, 0.15) is 0 Å². The first-order valence-electron chi connectivity index (χ1n) is 8.15. The van der Waals surface area contributed by atoms with Crippen LogP contribution in [0.5, 0.6) is 0 Å². The van der Waals surface area contributed by atoms with E-state index in [9.17, 15) is 4.79 Å². The minimum absolute atomic E-state index is 0.160. The Kier molecular flexibility index (Phi) is 4.32. The van der Waals surface area contributed by atoms with Crippen molar-refractivity contribution in [1.29, 1.82) is 0 Å². The van der Waals surface area contributed by atoms with Crippen LogP contribution in [-0.2, 0) is 7.05 Å². The van der Waals surface area contributed by atoms with Crippen molar-refractivity contribution in [2.75, 3.05) is 6.54 Å². The number of hydrogen-bond donors (Lipinski definition) is 0. The van der Waals surface area contributed by atoms with Crippen LogP contribution in [0.2, 0.25) is 0 Å². The van der Waals surface area contributed by atoms with Crippen molar-refractivity contribution < 1.29 is 4.79 Å². The second kappa shape index (κ2) is 6.39. The molecule has 1 aromatic heterocycles. The van der Waals surface area contributed by atoms with E-state index < -0.39 is 0 Å². The van der Waals surface area contributed by atoms with Gasteiger partial charge in [-0.25, -0.2) is 0 Å². The Morgan fingerprint density at radius 3 is 2.55 bits per heavy atom. The van der Waals surface area contributed by atoms with Gasteiger partial charge >= 0.3 is 0 Å². The van der Waals surface area contributed by atoms with E-state index in [0.29, 0.717) is 0 Å². The number of aromatic nitrogens is 1. The maximum absolute atomic E-state index is 13.0. The first-order valence-corrected chi connectivity index (χ1v) is 8.15. The van der Waals surface area contributed by atoms with Crippen LogP contribution in [0, 0.1) is 6.92 Å². The summed E-state index contributed by atoms with van der Waals surface area (Å²) in [6.45, 7) is 2.90. The minimum atomic E-state index is 0.160. The van der Waals surface area contributed by atoms with E-state index in [1.165, 1.54) is 24.1 Å². The Morgan fingerprint density at radius 1 is 1.09 bits per heavy atom. The molecule has 1 amide bonds. The number of benzene rings is 1. The third-order valence-electron chi connectivity index (χ3n) is 4.64. The molecule has 2 heterocycles. The zero-order chi connectivity index (χ0) is 15.5. The first kappa shape index (κ1) is 14.9. The summed E-state index contributed by atoms with van der Waals surface area (Å²) in [5, 5.41) is 0. The molecule has 1 saturated heterocycles. The number of carbonyl (C=O) groups excluding carboxylic acids is 1. The Bertz CT molecular complexity index is 642. The molecule has 116 valence electrons. The van der Waals surface area contributed by atoms with E-state index in [1.54, 1.807) is 0 Å². The van der Waals surface area contributed by atoms with Gasteiger partial charge in [-0.1, -0.05) is 30.5 Å². The van der Waals surface area contributed by atoms with E-state index in [2.05, 4.69) is 34.8 Å². The van der Waals surface area contributed by atoms with Crippen LogP contribution in [0.3, 0.4) is 0 Å². The fourth-order valence-corrected chi connectivity index (χ4v) is 3.34. The van der Waals surface area contributed by atoms with Gasteiger partial charge in [-0.2, -0.15) is 0 Å². The Balaban J connectivity index is 1.92. The predicted molar refractivity (Wildman–Crippen MR) is 88.8 cm³/mol. The summed E-state index contributed by atoms with van der Waals surface area (Å²) in [5.41, 5.74) is 3.22. The molecule has 0 aliphatic carbocycles. The highest BCUT2D eigenvalue weighted by molar-refractivity contribution is 5.94. The van der Waals surface area contributed by atoms with Gasteiger partial charge in [0, 0.05) is 31.0 Å². The van der Waals surface area contributed by atoms with E-state index in [0.717, 1.165) is 24.9 Å². The molecular weight excluding hydrogens is 272 g/mol. The maximum atomic E-state index is 13.0. The van der Waals surface area contributed by atoms with Gasteiger partial charge in [0.15, 0.2) is 0 Å². The molecule has 0 radical (unpaired) electrons. The number of hydrogen-bond acceptors (Lipinski definition) is 1. The lowest BCUT2D eigenvalue weighted by Gasteiger charge is -2.30. The summed E-state index contributed by atoms with van der Waals surface area (Å²) in [5.74, 6) is 0.160. The number of likely N-dealkylation sites (tertiary alicyclic amines) is 1. The molecule has 1 aromatic carbocycles. The lowest BCUT2D eigenvalue weighted by molar-refractivity contribution is 0.0674. The van der Waals surface area contributed by atoms with Gasteiger partial charge in [0.2, 0.25) is 0 Å². The lowest BCUT2D eigenvalue weighted by Crippen LogP contribution is -2.35. The average molecular weight is 296 g/mol. The smallest absolute Gasteiger partial charge is 0.254 e. The largest absolute Gasteiger partial charge is 0.353 e. The highest BCUT2D eigenvalue weighted by Gasteiger charge is 2.28. The first-order chi connectivity index (χ1) is 10.7. The Labute approximate surface area is 132 Å². The third kappa shape index (κ3) is 2.94. The van der Waals surface area contributed by atoms with E-state index in [4.69, 9.17) is 0 Å². The van der Waals surface area contributed by atoms with Crippen molar-refractivity contribution in [3.63, 3.8) is 0 Å². The van der Waals surface area contributed by atoms with Crippen LogP contribution in [0.4, 0.5) is 0 Å². The lowest BCUT2D eigenvalue weighted by atomic mass is 10.0. The summed E-state index contributed by atoms with van der Waals surface area (Å²) in [4.78, 5) is 15.1. The molecule has 3 heteroatoms. The Hall–Kier alpha value is -2.03. The van der Waals surface area contributed by atoms with Gasteiger partial charge in [-0.3, -0.25) is 4.79 Å². The fourth-order valence-electron chi connectivity index (χ4n) is 3.34. The molecular formula is C19H24N2O. The molecule has 2 aromatic rings. The van der Waals surface area contributed by atoms with Crippen LogP contribution in [0.25, 0.3) is 0 Å². The summed E-state index contributed by atoms with van der Waals surface area (Å²) < 4.78 is 2.14. The standard InChI is InChI=1S/C19H24N2O/c1-15-9-11-16(12-10-15)19(22)21-14-5-3-4-7-18(21)17-8-6-13-20(17)2/h6,8-13,18H,3-5,7,14H2,1-2H3/t18-/m1/s1. The summed E-state index contributed by atoms with van der Waals surface area (Å²) in [7, 11) is 2.06. The Morgan fingerprint density at radius 2 is 1.86 bits per heavy atom. The molecule has 1 aliphatic heterocycles. The van der Waals surface area contributed by atoms with Crippen molar-refractivity contribution >= 4 is 5.91 Å². The number of aryl methyl sites for hydroxylation is 2. The number of rotatable bonds is 2. The number of nitrogens with zero attached hydrogens (tertiary/aromatic N) is 2.